The third-order valence-electron chi connectivity index (χ3n) is 6.08. The summed E-state index contributed by atoms with van der Waals surface area (Å²) in [5.74, 6) is -1.86. The zero-order chi connectivity index (χ0) is 27.6. The normalized spacial score (nSPS) is 13.1. The van der Waals surface area contributed by atoms with Crippen LogP contribution < -0.4 is 10.6 Å². The molecular formula is C31H28F2IN3O2. The van der Waals surface area contributed by atoms with Crippen LogP contribution in [0.1, 0.15) is 22.3 Å². The lowest BCUT2D eigenvalue weighted by Gasteiger charge is -2.26. The molecule has 0 aliphatic rings. The van der Waals surface area contributed by atoms with Crippen LogP contribution in [-0.4, -0.2) is 34.7 Å². The molecule has 0 spiro atoms. The molecule has 4 rings (SSSR count). The maximum atomic E-state index is 13.9. The van der Waals surface area contributed by atoms with Crippen molar-refractivity contribution in [3.8, 4) is 0 Å². The number of aromatic nitrogens is 1. The zero-order valence-corrected chi connectivity index (χ0v) is 23.2. The first-order chi connectivity index (χ1) is 18.9. The number of rotatable bonds is 11. The van der Waals surface area contributed by atoms with E-state index in [1.807, 2.05) is 54.6 Å². The predicted octanol–water partition coefficient (Wildman–Crippen LogP) is 5.38. The Labute approximate surface area is 240 Å². The zero-order valence-electron chi connectivity index (χ0n) is 21.0. The van der Waals surface area contributed by atoms with Gasteiger partial charge in [0.05, 0.1) is 12.1 Å². The Morgan fingerprint density at radius 2 is 1.64 bits per heavy atom. The molecule has 0 fully saturated rings. The maximum Gasteiger partial charge on any atom is 0.252 e. The van der Waals surface area contributed by atoms with Crippen LogP contribution in [0.3, 0.4) is 0 Å². The second-order valence-electron chi connectivity index (χ2n) is 9.09. The highest BCUT2D eigenvalue weighted by molar-refractivity contribution is 14.1. The fourth-order valence-corrected chi connectivity index (χ4v) is 4.80. The van der Waals surface area contributed by atoms with Gasteiger partial charge in [0.25, 0.3) is 5.91 Å². The van der Waals surface area contributed by atoms with Gasteiger partial charge in [-0.2, -0.15) is 0 Å². The number of carbonyl (C=O) groups is 1. The smallest absolute Gasteiger partial charge is 0.252 e. The number of aliphatic hydroxyl groups is 1. The molecule has 4 aromatic rings. The Morgan fingerprint density at radius 1 is 0.923 bits per heavy atom. The summed E-state index contributed by atoms with van der Waals surface area (Å²) >= 11 is 2.24. The summed E-state index contributed by atoms with van der Waals surface area (Å²) in [6.45, 7) is 0.670. The Kier molecular flexibility index (Phi) is 10.3. The lowest BCUT2D eigenvalue weighted by molar-refractivity contribution is -0.117. The summed E-state index contributed by atoms with van der Waals surface area (Å²) in [6.07, 6.45) is 4.01. The van der Waals surface area contributed by atoms with Crippen molar-refractivity contribution in [3.63, 3.8) is 0 Å². The second kappa shape index (κ2) is 14.1. The van der Waals surface area contributed by atoms with Gasteiger partial charge < -0.3 is 15.7 Å². The third kappa shape index (κ3) is 8.77. The number of aliphatic hydroxyl groups excluding tert-OH is 1. The van der Waals surface area contributed by atoms with Crippen molar-refractivity contribution in [2.75, 3.05) is 6.54 Å². The first-order valence-corrected chi connectivity index (χ1v) is 13.5. The Morgan fingerprint density at radius 3 is 2.33 bits per heavy atom. The van der Waals surface area contributed by atoms with Crippen molar-refractivity contribution >= 4 is 40.1 Å². The summed E-state index contributed by atoms with van der Waals surface area (Å²) in [4.78, 5) is 17.7. The number of pyridine rings is 1. The molecule has 39 heavy (non-hydrogen) atoms. The molecule has 0 saturated heterocycles. The summed E-state index contributed by atoms with van der Waals surface area (Å²) in [5.41, 5.74) is 3.23. The van der Waals surface area contributed by atoms with Crippen LogP contribution in [0.2, 0.25) is 0 Å². The van der Waals surface area contributed by atoms with Gasteiger partial charge in [-0.05, 0) is 93.7 Å². The summed E-state index contributed by atoms with van der Waals surface area (Å²) < 4.78 is 29.0. The predicted molar refractivity (Wildman–Crippen MR) is 157 cm³/mol. The molecule has 5 nitrogen and oxygen atoms in total. The van der Waals surface area contributed by atoms with Crippen molar-refractivity contribution in [2.24, 2.45) is 0 Å². The lowest BCUT2D eigenvalue weighted by Crippen LogP contribution is -2.48. The van der Waals surface area contributed by atoms with Crippen LogP contribution in [-0.2, 0) is 17.8 Å². The molecule has 1 amide bonds. The maximum absolute atomic E-state index is 13.9. The van der Waals surface area contributed by atoms with Gasteiger partial charge in [-0.25, -0.2) is 8.78 Å². The van der Waals surface area contributed by atoms with Crippen molar-refractivity contribution in [1.29, 1.82) is 0 Å². The number of halogens is 3. The van der Waals surface area contributed by atoms with E-state index in [2.05, 4.69) is 38.2 Å². The topological polar surface area (TPSA) is 74.2 Å². The Balaban J connectivity index is 1.57. The molecule has 8 heteroatoms. The minimum absolute atomic E-state index is 0.0316. The Hall–Kier alpha value is -3.47. The number of nitrogens with zero attached hydrogens (tertiary/aromatic N) is 1. The van der Waals surface area contributed by atoms with E-state index in [9.17, 15) is 18.7 Å². The van der Waals surface area contributed by atoms with E-state index in [0.29, 0.717) is 23.2 Å². The largest absolute Gasteiger partial charge is 0.390 e. The van der Waals surface area contributed by atoms with E-state index in [-0.39, 0.29) is 13.0 Å². The summed E-state index contributed by atoms with van der Waals surface area (Å²) in [6, 6.07) is 23.1. The number of carbonyl (C=O) groups excluding carboxylic acids is 1. The van der Waals surface area contributed by atoms with Crippen LogP contribution in [0.5, 0.6) is 0 Å². The molecule has 0 aliphatic carbocycles. The van der Waals surface area contributed by atoms with Crippen molar-refractivity contribution in [2.45, 2.75) is 25.1 Å². The van der Waals surface area contributed by atoms with E-state index in [4.69, 9.17) is 0 Å². The SMILES string of the molecule is O=C(N[C@@H](Cc1cc(F)cc(F)c1)[C@H](O)CNCc1cccc(I)c1)C(=Cc1ccncc1)c1ccccc1. The van der Waals surface area contributed by atoms with Crippen molar-refractivity contribution in [1.82, 2.24) is 15.6 Å². The van der Waals surface area contributed by atoms with E-state index >= 15 is 0 Å². The van der Waals surface area contributed by atoms with Gasteiger partial charge in [0.2, 0.25) is 0 Å². The van der Waals surface area contributed by atoms with Gasteiger partial charge in [-0.15, -0.1) is 0 Å². The molecule has 0 bridgehead atoms. The van der Waals surface area contributed by atoms with Gasteiger partial charge in [0.15, 0.2) is 0 Å². The van der Waals surface area contributed by atoms with Gasteiger partial charge in [-0.3, -0.25) is 9.78 Å². The summed E-state index contributed by atoms with van der Waals surface area (Å²) in [7, 11) is 0. The van der Waals surface area contributed by atoms with Gasteiger partial charge >= 0.3 is 0 Å². The standard InChI is InChI=1S/C31H28F2IN3O2/c32-25-13-23(14-26(33)18-25)17-29(30(38)20-36-19-22-5-4-8-27(34)15-22)37-31(39)28(24-6-2-1-3-7-24)16-21-9-11-35-12-10-21/h1-16,18,29-30,36,38H,17,19-20H2,(H,37,39)/t29-,30+/m0/s1. The molecule has 0 aliphatic heterocycles. The van der Waals surface area contributed by atoms with Crippen molar-refractivity contribution < 1.29 is 18.7 Å². The molecule has 1 heterocycles. The fraction of sp³-hybridized carbons (Fsp3) is 0.161. The molecule has 2 atom stereocenters. The van der Waals surface area contributed by atoms with Gasteiger partial charge in [0, 0.05) is 40.7 Å². The minimum Gasteiger partial charge on any atom is -0.390 e. The molecule has 0 radical (unpaired) electrons. The van der Waals surface area contributed by atoms with Crippen LogP contribution in [0.4, 0.5) is 8.78 Å². The van der Waals surface area contributed by atoms with E-state index in [1.165, 1.54) is 12.1 Å². The minimum atomic E-state index is -1.04. The molecule has 0 unspecified atom stereocenters. The fourth-order valence-electron chi connectivity index (χ4n) is 4.19. The average molecular weight is 639 g/mol. The molecular weight excluding hydrogens is 611 g/mol. The van der Waals surface area contributed by atoms with Crippen molar-refractivity contribution in [3.05, 3.63) is 135 Å². The number of nitrogens with one attached hydrogen (secondary N) is 2. The first kappa shape index (κ1) is 28.5. The molecule has 1 aromatic heterocycles. The highest BCUT2D eigenvalue weighted by Gasteiger charge is 2.24. The Bertz CT molecular complexity index is 1400. The van der Waals surface area contributed by atoms with Crippen LogP contribution >= 0.6 is 22.6 Å². The van der Waals surface area contributed by atoms with E-state index in [1.54, 1.807) is 30.6 Å². The van der Waals surface area contributed by atoms with Crippen LogP contribution in [0, 0.1) is 15.2 Å². The number of amides is 1. The quantitative estimate of drug-likeness (QED) is 0.152. The van der Waals surface area contributed by atoms with Gasteiger partial charge in [-0.1, -0.05) is 42.5 Å². The molecule has 3 aromatic carbocycles. The van der Waals surface area contributed by atoms with Gasteiger partial charge in [0.1, 0.15) is 11.6 Å². The summed E-state index contributed by atoms with van der Waals surface area (Å²) in [5, 5.41) is 17.3. The van der Waals surface area contributed by atoms with E-state index in [0.717, 1.165) is 20.8 Å². The highest BCUT2D eigenvalue weighted by atomic mass is 127. The highest BCUT2D eigenvalue weighted by Crippen LogP contribution is 2.20. The second-order valence-corrected chi connectivity index (χ2v) is 10.3. The molecule has 3 N–H and O–H groups in total. The average Bonchev–Trinajstić information content (AvgIpc) is 2.92. The number of hydrogen-bond acceptors (Lipinski definition) is 4. The number of hydrogen-bond donors (Lipinski definition) is 3. The number of benzene rings is 3. The van der Waals surface area contributed by atoms with Crippen LogP contribution in [0.25, 0.3) is 11.6 Å². The van der Waals surface area contributed by atoms with E-state index < -0.39 is 29.7 Å². The lowest BCUT2D eigenvalue weighted by atomic mass is 9.98. The molecule has 0 saturated carbocycles. The third-order valence-corrected chi connectivity index (χ3v) is 6.75. The molecule has 200 valence electrons. The van der Waals surface area contributed by atoms with Crippen LogP contribution in [0.15, 0.2) is 97.3 Å². The first-order valence-electron chi connectivity index (χ1n) is 12.4. The monoisotopic (exact) mass is 639 g/mol.